The molecule has 0 spiro atoms. The highest BCUT2D eigenvalue weighted by Crippen LogP contribution is 2.38. The lowest BCUT2D eigenvalue weighted by Crippen LogP contribution is -2.42. The van der Waals surface area contributed by atoms with Crippen LogP contribution in [-0.2, 0) is 0 Å². The fourth-order valence-electron chi connectivity index (χ4n) is 3.37. The van der Waals surface area contributed by atoms with E-state index in [1.807, 2.05) is 19.1 Å². The summed E-state index contributed by atoms with van der Waals surface area (Å²) in [5.41, 5.74) is 1.39. The highest BCUT2D eigenvalue weighted by atomic mass is 16.1. The van der Waals surface area contributed by atoms with Crippen LogP contribution in [-0.4, -0.2) is 40.0 Å². The van der Waals surface area contributed by atoms with Gasteiger partial charge in [-0.25, -0.2) is 0 Å². The molecule has 0 saturated carbocycles. The number of rotatable bonds is 2. The summed E-state index contributed by atoms with van der Waals surface area (Å²) < 4.78 is 0. The van der Waals surface area contributed by atoms with Gasteiger partial charge in [0.05, 0.1) is 5.69 Å². The van der Waals surface area contributed by atoms with Crippen LogP contribution in [0, 0.1) is 12.8 Å². The number of hydrogen-bond donors (Lipinski definition) is 0. The van der Waals surface area contributed by atoms with E-state index in [-0.39, 0.29) is 11.7 Å². The van der Waals surface area contributed by atoms with Crippen LogP contribution in [0.4, 0.5) is 0 Å². The molecule has 2 aliphatic rings. The molecule has 2 bridgehead atoms. The topological polar surface area (TPSA) is 46.1 Å². The molecule has 2 atom stereocenters. The van der Waals surface area contributed by atoms with E-state index in [4.69, 9.17) is 0 Å². The Balaban J connectivity index is 1.76. The van der Waals surface area contributed by atoms with E-state index in [2.05, 4.69) is 22.1 Å². The Morgan fingerprint density at radius 1 is 1.22 bits per heavy atom. The summed E-state index contributed by atoms with van der Waals surface area (Å²) in [5, 5.41) is 8.01. The molecule has 1 aromatic rings. The zero-order valence-electron chi connectivity index (χ0n) is 11.0. The first kappa shape index (κ1) is 11.8. The van der Waals surface area contributed by atoms with Crippen LogP contribution < -0.4 is 0 Å². The maximum atomic E-state index is 12.4. The van der Waals surface area contributed by atoms with Gasteiger partial charge >= 0.3 is 0 Å². The zero-order chi connectivity index (χ0) is 12.7. The number of aromatic nitrogens is 2. The van der Waals surface area contributed by atoms with Crippen molar-refractivity contribution >= 4 is 5.78 Å². The Hall–Kier alpha value is -1.29. The quantitative estimate of drug-likeness (QED) is 0.746. The maximum Gasteiger partial charge on any atom is 0.186 e. The fourth-order valence-corrected chi connectivity index (χ4v) is 3.37. The van der Waals surface area contributed by atoms with Gasteiger partial charge in [-0.15, -0.1) is 5.10 Å². The van der Waals surface area contributed by atoms with E-state index in [1.54, 1.807) is 0 Å². The number of Topliss-reactive ketones (excluding diaryl/α,β-unsaturated/α-hetero) is 1. The molecule has 2 unspecified atom stereocenters. The zero-order valence-corrected chi connectivity index (χ0v) is 11.0. The third kappa shape index (κ3) is 1.94. The van der Waals surface area contributed by atoms with E-state index < -0.39 is 0 Å². The molecular formula is C14H19N3O. The molecule has 0 amide bonds. The van der Waals surface area contributed by atoms with Crippen molar-refractivity contribution in [2.75, 3.05) is 7.05 Å². The molecule has 0 radical (unpaired) electrons. The van der Waals surface area contributed by atoms with Crippen molar-refractivity contribution in [3.05, 3.63) is 23.5 Å². The van der Waals surface area contributed by atoms with E-state index in [1.165, 1.54) is 12.8 Å². The lowest BCUT2D eigenvalue weighted by molar-refractivity contribution is 0.0761. The number of hydrogen-bond acceptors (Lipinski definition) is 4. The highest BCUT2D eigenvalue weighted by molar-refractivity contribution is 5.96. The van der Waals surface area contributed by atoms with Gasteiger partial charge in [-0.05, 0) is 51.8 Å². The van der Waals surface area contributed by atoms with Gasteiger partial charge in [-0.1, -0.05) is 0 Å². The van der Waals surface area contributed by atoms with Gasteiger partial charge in [0.15, 0.2) is 5.78 Å². The number of ketones is 1. The molecule has 2 saturated heterocycles. The van der Waals surface area contributed by atoms with Gasteiger partial charge in [0.2, 0.25) is 0 Å². The van der Waals surface area contributed by atoms with Gasteiger partial charge < -0.3 is 4.90 Å². The van der Waals surface area contributed by atoms with Crippen molar-refractivity contribution < 1.29 is 4.79 Å². The smallest absolute Gasteiger partial charge is 0.186 e. The van der Waals surface area contributed by atoms with Crippen LogP contribution in [0.2, 0.25) is 0 Å². The first-order chi connectivity index (χ1) is 8.65. The number of aryl methyl sites for hydroxylation is 1. The average molecular weight is 245 g/mol. The molecule has 0 aromatic carbocycles. The summed E-state index contributed by atoms with van der Waals surface area (Å²) in [6.07, 6.45) is 4.46. The molecule has 0 aliphatic carbocycles. The second kappa shape index (κ2) is 4.43. The summed E-state index contributed by atoms with van der Waals surface area (Å²) >= 11 is 0. The van der Waals surface area contributed by atoms with E-state index in [9.17, 15) is 4.79 Å². The summed E-state index contributed by atoms with van der Waals surface area (Å²) in [5.74, 6) is 0.336. The van der Waals surface area contributed by atoms with Crippen molar-refractivity contribution in [2.24, 2.45) is 5.92 Å². The minimum absolute atomic E-state index is 0.149. The number of carbonyl (C=O) groups is 1. The molecule has 18 heavy (non-hydrogen) atoms. The third-order valence-corrected chi connectivity index (χ3v) is 4.52. The summed E-state index contributed by atoms with van der Waals surface area (Å²) in [7, 11) is 2.19. The van der Waals surface area contributed by atoms with Crippen molar-refractivity contribution in [1.29, 1.82) is 0 Å². The molecule has 96 valence electrons. The standard InChI is InChI=1S/C14H19N3O/c1-9-3-6-13(16-15-9)14(18)10-7-11-4-5-12(8-10)17(11)2/h3,6,10-12H,4-5,7-8H2,1-2H3. The predicted octanol–water partition coefficient (Wildman–Crippen LogP) is 1.84. The number of nitrogens with zero attached hydrogens (tertiary/aromatic N) is 3. The monoisotopic (exact) mass is 245 g/mol. The second-order valence-electron chi connectivity index (χ2n) is 5.64. The molecule has 4 nitrogen and oxygen atoms in total. The molecule has 2 fully saturated rings. The van der Waals surface area contributed by atoms with Crippen LogP contribution in [0.1, 0.15) is 41.9 Å². The Bertz CT molecular complexity index is 443. The van der Waals surface area contributed by atoms with Gasteiger partial charge in [-0.2, -0.15) is 5.10 Å². The second-order valence-corrected chi connectivity index (χ2v) is 5.64. The molecule has 4 heteroatoms. The predicted molar refractivity (Wildman–Crippen MR) is 68.4 cm³/mol. The van der Waals surface area contributed by atoms with Crippen LogP contribution >= 0.6 is 0 Å². The summed E-state index contributed by atoms with van der Waals surface area (Å²) in [6, 6.07) is 4.86. The largest absolute Gasteiger partial charge is 0.300 e. The first-order valence-corrected chi connectivity index (χ1v) is 6.71. The molecule has 3 rings (SSSR count). The Kier molecular flexibility index (Phi) is 2.90. The molecular weight excluding hydrogens is 226 g/mol. The lowest BCUT2D eigenvalue weighted by Gasteiger charge is -2.35. The minimum atomic E-state index is 0.149. The molecule has 3 heterocycles. The van der Waals surface area contributed by atoms with Crippen LogP contribution in [0.15, 0.2) is 12.1 Å². The van der Waals surface area contributed by atoms with Gasteiger partial charge in [0, 0.05) is 18.0 Å². The van der Waals surface area contributed by atoms with Crippen LogP contribution in [0.5, 0.6) is 0 Å². The third-order valence-electron chi connectivity index (χ3n) is 4.52. The van der Waals surface area contributed by atoms with Gasteiger partial charge in [-0.3, -0.25) is 4.79 Å². The SMILES string of the molecule is Cc1ccc(C(=O)C2CC3CCC(C2)N3C)nn1. The average Bonchev–Trinajstić information content (AvgIpc) is 2.62. The van der Waals surface area contributed by atoms with E-state index in [0.29, 0.717) is 17.8 Å². The summed E-state index contributed by atoms with van der Waals surface area (Å²) in [4.78, 5) is 14.9. The van der Waals surface area contributed by atoms with Gasteiger partial charge in [0.1, 0.15) is 5.69 Å². The number of piperidine rings is 1. The van der Waals surface area contributed by atoms with Gasteiger partial charge in [0.25, 0.3) is 0 Å². The Morgan fingerprint density at radius 2 is 1.89 bits per heavy atom. The molecule has 1 aromatic heterocycles. The van der Waals surface area contributed by atoms with Crippen molar-refractivity contribution in [3.63, 3.8) is 0 Å². The minimum Gasteiger partial charge on any atom is -0.300 e. The normalized spacial score (nSPS) is 31.6. The number of fused-ring (bicyclic) bond motifs is 2. The van der Waals surface area contributed by atoms with Crippen molar-refractivity contribution in [1.82, 2.24) is 15.1 Å². The molecule has 0 N–H and O–H groups in total. The van der Waals surface area contributed by atoms with Crippen molar-refractivity contribution in [3.8, 4) is 0 Å². The lowest BCUT2D eigenvalue weighted by atomic mass is 9.86. The van der Waals surface area contributed by atoms with Crippen LogP contribution in [0.25, 0.3) is 0 Å². The highest BCUT2D eigenvalue weighted by Gasteiger charge is 2.41. The maximum absolute atomic E-state index is 12.4. The summed E-state index contributed by atoms with van der Waals surface area (Å²) in [6.45, 7) is 1.89. The first-order valence-electron chi connectivity index (χ1n) is 6.71. The van der Waals surface area contributed by atoms with Crippen LogP contribution in [0.3, 0.4) is 0 Å². The fraction of sp³-hybridized carbons (Fsp3) is 0.643. The number of carbonyl (C=O) groups excluding carboxylic acids is 1. The van der Waals surface area contributed by atoms with E-state index in [0.717, 1.165) is 18.5 Å². The molecule has 2 aliphatic heterocycles. The Labute approximate surface area is 107 Å². The Morgan fingerprint density at radius 3 is 2.44 bits per heavy atom. The van der Waals surface area contributed by atoms with E-state index >= 15 is 0 Å². The van der Waals surface area contributed by atoms with Crippen molar-refractivity contribution in [2.45, 2.75) is 44.7 Å².